The van der Waals surface area contributed by atoms with Gasteiger partial charge in [0.1, 0.15) is 122 Å². The minimum atomic E-state index is -2.19. The lowest BCUT2D eigenvalue weighted by molar-refractivity contribution is -0.414. The average Bonchev–Trinajstić information content (AvgIpc) is 2.79. The summed E-state index contributed by atoms with van der Waals surface area (Å²) in [4.78, 5) is 11.5. The minimum absolute atomic E-state index is 0.235. The largest absolute Gasteiger partial charge is 0.469 e. The van der Waals surface area contributed by atoms with Crippen molar-refractivity contribution >= 4 is 5.97 Å². The van der Waals surface area contributed by atoms with Crippen molar-refractivity contribution in [1.29, 1.82) is 0 Å². The van der Waals surface area contributed by atoms with E-state index in [1.165, 1.54) is 34.8 Å². The number of ether oxygens (including phenoxy) is 13. The Hall–Kier alpha value is -1.61. The van der Waals surface area contributed by atoms with Crippen LogP contribution in [0.4, 0.5) is 0 Å². The number of rotatable bonds is 28. The Morgan fingerprint density at radius 3 is 1.22 bits per heavy atom. The van der Waals surface area contributed by atoms with Crippen LogP contribution < -0.4 is 0 Å². The molecule has 0 saturated carbocycles. The van der Waals surface area contributed by atoms with Crippen molar-refractivity contribution in [2.75, 3.05) is 20.3 Å². The fourth-order valence-corrected chi connectivity index (χ4v) is 11.1. The average molecular weight is 1200 g/mol. The molecule has 0 aliphatic carbocycles. The SMILES string of the molecule is CCCCCC(CCCCCCCCCC(=O)OC)O[C@@H]1O[C@H](C)[C@@H](O)[C@H](O)[C@H]1O[C@@H]1O[C@H](CO)[C@@H](O)[C@H](O)[C@H]1O[C@@H]1O[C@@H](C)[C@H](O[C@@H]2O[C@H](C)[C@H](O)[C@H](O)[C@H]2O)[C@@H](O[C@@H]2O[C@H](CO)[C@@H](O)[C@H](O)[C@H]2O[C@@H]2O[C@H](C)[C@@H](O)[C@H](O)[C@H]2O)[C@H]1O. The number of hydrogen-bond acceptors (Lipinski definition) is 29. The lowest BCUT2D eigenvalue weighted by Crippen LogP contribution is -2.69. The molecule has 0 radical (unpaired) electrons. The monoisotopic (exact) mass is 1190 g/mol. The van der Waals surface area contributed by atoms with Crippen LogP contribution in [-0.2, 0) is 66.4 Å². The van der Waals surface area contributed by atoms with Gasteiger partial charge in [0.05, 0.1) is 50.8 Å². The second-order valence-corrected chi connectivity index (χ2v) is 22.5. The van der Waals surface area contributed by atoms with E-state index in [0.717, 1.165) is 64.2 Å². The second-order valence-electron chi connectivity index (χ2n) is 22.5. The van der Waals surface area contributed by atoms with Crippen molar-refractivity contribution in [1.82, 2.24) is 0 Å². The minimum Gasteiger partial charge on any atom is -0.469 e. The molecule has 29 nitrogen and oxygen atoms in total. The van der Waals surface area contributed by atoms with Gasteiger partial charge in [-0.1, -0.05) is 64.7 Å². The van der Waals surface area contributed by atoms with Crippen LogP contribution in [0.5, 0.6) is 0 Å². The number of methoxy groups -OCH3 is 1. The van der Waals surface area contributed by atoms with E-state index >= 15 is 0 Å². The number of hydrogen-bond donors (Lipinski definition) is 15. The van der Waals surface area contributed by atoms with Crippen LogP contribution >= 0.6 is 0 Å². The summed E-state index contributed by atoms with van der Waals surface area (Å²) in [6, 6.07) is 0. The molecule has 0 spiro atoms. The van der Waals surface area contributed by atoms with E-state index in [-0.39, 0.29) is 5.97 Å². The Morgan fingerprint density at radius 2 is 0.744 bits per heavy atom. The predicted octanol–water partition coefficient (Wildman–Crippen LogP) is -4.33. The highest BCUT2D eigenvalue weighted by molar-refractivity contribution is 5.68. The van der Waals surface area contributed by atoms with Gasteiger partial charge in [-0.25, -0.2) is 0 Å². The summed E-state index contributed by atoms with van der Waals surface area (Å²) < 4.78 is 77.9. The van der Waals surface area contributed by atoms with Gasteiger partial charge < -0.3 is 138 Å². The number of aliphatic hydroxyl groups excluding tert-OH is 15. The van der Waals surface area contributed by atoms with Gasteiger partial charge in [-0.3, -0.25) is 4.79 Å². The summed E-state index contributed by atoms with van der Waals surface area (Å²) in [5, 5.41) is 166. The molecule has 0 aromatic carbocycles. The van der Waals surface area contributed by atoms with Gasteiger partial charge in [-0.05, 0) is 47.0 Å². The van der Waals surface area contributed by atoms with Gasteiger partial charge in [0.25, 0.3) is 0 Å². The van der Waals surface area contributed by atoms with Crippen molar-refractivity contribution < 1.29 is 143 Å². The fourth-order valence-electron chi connectivity index (χ4n) is 11.1. The van der Waals surface area contributed by atoms with Crippen LogP contribution in [0.15, 0.2) is 0 Å². The molecule has 0 aromatic heterocycles. The molecule has 0 bridgehead atoms. The topological polar surface area (TPSA) is 441 Å². The fraction of sp³-hybridized carbons (Fsp3) is 0.981. The van der Waals surface area contributed by atoms with Crippen LogP contribution in [-0.4, -0.2) is 293 Å². The van der Waals surface area contributed by atoms with E-state index in [9.17, 15) is 81.4 Å². The number of unbranched alkanes of at least 4 members (excludes halogenated alkanes) is 8. The first-order valence-corrected chi connectivity index (χ1v) is 29.0. The molecular formula is C53H94O29. The highest BCUT2D eigenvalue weighted by atomic mass is 16.8. The third kappa shape index (κ3) is 17.2. The Bertz CT molecular complexity index is 1850. The van der Waals surface area contributed by atoms with E-state index in [4.69, 9.17) is 61.6 Å². The number of carbonyl (C=O) groups is 1. The lowest BCUT2D eigenvalue weighted by Gasteiger charge is -2.51. The molecule has 6 aliphatic rings. The van der Waals surface area contributed by atoms with Gasteiger partial charge in [-0.15, -0.1) is 0 Å². The summed E-state index contributed by atoms with van der Waals surface area (Å²) in [5.74, 6) is -0.235. The molecule has 15 N–H and O–H groups in total. The van der Waals surface area contributed by atoms with Crippen molar-refractivity contribution in [2.45, 2.75) is 308 Å². The maximum atomic E-state index is 12.5. The van der Waals surface area contributed by atoms with Gasteiger partial charge >= 0.3 is 5.97 Å². The molecule has 6 aliphatic heterocycles. The molecule has 0 amide bonds. The van der Waals surface area contributed by atoms with Crippen molar-refractivity contribution in [3.63, 3.8) is 0 Å². The Morgan fingerprint density at radius 1 is 0.378 bits per heavy atom. The summed E-state index contributed by atoms with van der Waals surface area (Å²) in [6.45, 7) is 5.85. The third-order valence-electron chi connectivity index (χ3n) is 16.3. The molecule has 31 atom stereocenters. The summed E-state index contributed by atoms with van der Waals surface area (Å²) in [6.07, 6.45) is -42.0. The standard InChI is InChI=1S/C53H94O29/c1-7-8-14-17-26(18-15-12-10-9-11-13-16-19-29(56)70-6)75-51-45(37(64)32(59)24(4)73-51)82-53-47(39(66)34(61)28(21-55)77-53)81-50-42(69)44(43(25(5)74-50)78-48-40(67)35(62)30(57)22(2)71-48)79-52-46(38(65)33(60)27(20-54)76-52)80-49-41(68)36(63)31(58)23(3)72-49/h22-28,30-55,57-69H,7-21H2,1-6H3/t22-,23-,24-,25+,26?,27-,28-,30+,31-,32-,33-,34-,35+,36+,37+,38+,39+,40-,41-,42-,43+,44+,45-,46-,47-,48+,49+,50+,51+,52+,53+/m1/s1. The number of esters is 1. The second kappa shape index (κ2) is 32.6. The first kappa shape index (κ1) is 69.5. The molecule has 6 saturated heterocycles. The Labute approximate surface area is 476 Å². The first-order chi connectivity index (χ1) is 39.0. The molecule has 29 heteroatoms. The van der Waals surface area contributed by atoms with Crippen molar-refractivity contribution in [3.05, 3.63) is 0 Å². The predicted molar refractivity (Wildman–Crippen MR) is 274 cm³/mol. The van der Waals surface area contributed by atoms with E-state index in [2.05, 4.69) is 6.92 Å². The van der Waals surface area contributed by atoms with E-state index in [0.29, 0.717) is 19.3 Å². The maximum absolute atomic E-state index is 12.5. The van der Waals surface area contributed by atoms with Crippen LogP contribution in [0.25, 0.3) is 0 Å². The number of carbonyl (C=O) groups excluding carboxylic acids is 1. The number of aliphatic hydroxyl groups is 15. The van der Waals surface area contributed by atoms with Crippen molar-refractivity contribution in [2.24, 2.45) is 0 Å². The molecule has 6 heterocycles. The zero-order chi connectivity index (χ0) is 60.3. The highest BCUT2D eigenvalue weighted by Gasteiger charge is 2.58. The summed E-state index contributed by atoms with van der Waals surface area (Å²) >= 11 is 0. The van der Waals surface area contributed by atoms with Crippen LogP contribution in [0.1, 0.15) is 118 Å². The van der Waals surface area contributed by atoms with E-state index in [1.54, 1.807) is 0 Å². The van der Waals surface area contributed by atoms with Crippen molar-refractivity contribution in [3.8, 4) is 0 Å². The summed E-state index contributed by atoms with van der Waals surface area (Å²) in [7, 11) is 1.37. The quantitative estimate of drug-likeness (QED) is 0.0260. The lowest BCUT2D eigenvalue weighted by atomic mass is 9.95. The van der Waals surface area contributed by atoms with Crippen LogP contribution in [0, 0.1) is 0 Å². The first-order valence-electron chi connectivity index (χ1n) is 29.0. The van der Waals surface area contributed by atoms with Crippen LogP contribution in [0.2, 0.25) is 0 Å². The van der Waals surface area contributed by atoms with E-state index < -0.39 is 204 Å². The van der Waals surface area contributed by atoms with E-state index in [1.807, 2.05) is 0 Å². The summed E-state index contributed by atoms with van der Waals surface area (Å²) in [5.41, 5.74) is 0. The molecule has 480 valence electrons. The zero-order valence-electron chi connectivity index (χ0n) is 47.4. The molecule has 82 heavy (non-hydrogen) atoms. The van der Waals surface area contributed by atoms with Gasteiger partial charge in [0.15, 0.2) is 37.7 Å². The molecule has 6 fully saturated rings. The van der Waals surface area contributed by atoms with Gasteiger partial charge in [-0.2, -0.15) is 0 Å². The smallest absolute Gasteiger partial charge is 0.305 e. The molecule has 6 rings (SSSR count). The normalized spacial score (nSPS) is 46.1. The van der Waals surface area contributed by atoms with Crippen LogP contribution in [0.3, 0.4) is 0 Å². The van der Waals surface area contributed by atoms with Gasteiger partial charge in [0, 0.05) is 6.42 Å². The maximum Gasteiger partial charge on any atom is 0.305 e. The molecular weight excluding hydrogens is 1100 g/mol. The third-order valence-corrected chi connectivity index (χ3v) is 16.3. The molecule has 0 aromatic rings. The Kier molecular flexibility index (Phi) is 27.6. The zero-order valence-corrected chi connectivity index (χ0v) is 47.4. The van der Waals surface area contributed by atoms with Gasteiger partial charge in [0.2, 0.25) is 0 Å². The Balaban J connectivity index is 1.27. The molecule has 1 unspecified atom stereocenters. The highest BCUT2D eigenvalue weighted by Crippen LogP contribution is 2.39.